The van der Waals surface area contributed by atoms with E-state index in [1.165, 1.54) is 0 Å². The van der Waals surface area contributed by atoms with E-state index in [1.807, 2.05) is 0 Å². The van der Waals surface area contributed by atoms with Crippen molar-refractivity contribution >= 4 is 6.21 Å². The lowest BCUT2D eigenvalue weighted by atomic mass is 10.1. The second kappa shape index (κ2) is 4.47. The molecule has 94 valence electrons. The Balaban J connectivity index is 3.21. The number of hydrogen-bond acceptors (Lipinski definition) is 1. The van der Waals surface area contributed by atoms with E-state index in [0.717, 1.165) is 18.3 Å². The molecule has 1 rings (SSSR count). The molecule has 0 bridgehead atoms. The molecular formula is C12H13F4N. The monoisotopic (exact) mass is 247 g/mol. The summed E-state index contributed by atoms with van der Waals surface area (Å²) in [6.45, 7) is 5.29. The highest BCUT2D eigenvalue weighted by atomic mass is 19.4. The number of hydrogen-bond donors (Lipinski definition) is 0. The fraction of sp³-hybridized carbons (Fsp3) is 0.417. The lowest BCUT2D eigenvalue weighted by Gasteiger charge is -2.13. The standard InChI is InChI=1S/C12H13F4N/c1-11(2,3)17-7-8-4-5-9(13)6-10(8)12(14,15)16/h4-7H,1-3H3. The molecule has 1 aromatic rings. The Bertz CT molecular complexity index is 427. The third-order valence-electron chi connectivity index (χ3n) is 1.91. The lowest BCUT2D eigenvalue weighted by Crippen LogP contribution is -2.13. The van der Waals surface area contributed by atoms with Crippen molar-refractivity contribution in [3.05, 3.63) is 35.1 Å². The van der Waals surface area contributed by atoms with E-state index in [2.05, 4.69) is 4.99 Å². The topological polar surface area (TPSA) is 12.4 Å². The quantitative estimate of drug-likeness (QED) is 0.524. The van der Waals surface area contributed by atoms with Gasteiger partial charge in [0.1, 0.15) is 5.82 Å². The fourth-order valence-corrected chi connectivity index (χ4v) is 1.15. The van der Waals surface area contributed by atoms with Crippen LogP contribution in [0.3, 0.4) is 0 Å². The van der Waals surface area contributed by atoms with Crippen molar-refractivity contribution in [1.82, 2.24) is 0 Å². The number of benzene rings is 1. The van der Waals surface area contributed by atoms with Crippen molar-refractivity contribution < 1.29 is 17.6 Å². The van der Waals surface area contributed by atoms with Crippen LogP contribution in [0.25, 0.3) is 0 Å². The van der Waals surface area contributed by atoms with E-state index >= 15 is 0 Å². The van der Waals surface area contributed by atoms with Gasteiger partial charge in [-0.2, -0.15) is 13.2 Å². The molecule has 0 aliphatic carbocycles. The number of nitrogens with zero attached hydrogens (tertiary/aromatic N) is 1. The van der Waals surface area contributed by atoms with Gasteiger partial charge in [-0.05, 0) is 39.0 Å². The van der Waals surface area contributed by atoms with E-state index in [0.29, 0.717) is 6.07 Å². The van der Waals surface area contributed by atoms with Crippen LogP contribution in [-0.4, -0.2) is 11.8 Å². The first-order valence-corrected chi connectivity index (χ1v) is 5.01. The molecule has 1 nitrogen and oxygen atoms in total. The summed E-state index contributed by atoms with van der Waals surface area (Å²) in [4.78, 5) is 3.98. The number of halogens is 4. The van der Waals surface area contributed by atoms with Crippen molar-refractivity contribution in [2.75, 3.05) is 0 Å². The smallest absolute Gasteiger partial charge is 0.287 e. The highest BCUT2D eigenvalue weighted by Crippen LogP contribution is 2.32. The van der Waals surface area contributed by atoms with E-state index in [9.17, 15) is 17.6 Å². The molecule has 0 radical (unpaired) electrons. The Kier molecular flexibility index (Phi) is 3.59. The predicted octanol–water partition coefficient (Wildman–Crippen LogP) is 4.06. The van der Waals surface area contributed by atoms with Crippen LogP contribution in [0.2, 0.25) is 0 Å². The third-order valence-corrected chi connectivity index (χ3v) is 1.91. The highest BCUT2D eigenvalue weighted by molar-refractivity contribution is 5.82. The van der Waals surface area contributed by atoms with Crippen LogP contribution in [0.4, 0.5) is 17.6 Å². The molecule has 0 fully saturated rings. The normalized spacial score (nSPS) is 13.4. The third kappa shape index (κ3) is 4.17. The van der Waals surface area contributed by atoms with Gasteiger partial charge in [0.15, 0.2) is 0 Å². The van der Waals surface area contributed by atoms with Crippen LogP contribution in [-0.2, 0) is 6.18 Å². The largest absolute Gasteiger partial charge is 0.417 e. The first kappa shape index (κ1) is 13.7. The molecule has 0 unspecified atom stereocenters. The molecule has 1 aromatic carbocycles. The molecule has 0 saturated heterocycles. The Morgan fingerprint density at radius 3 is 2.18 bits per heavy atom. The molecule has 0 atom stereocenters. The summed E-state index contributed by atoms with van der Waals surface area (Å²) in [5, 5.41) is 0. The maximum atomic E-state index is 12.8. The predicted molar refractivity (Wildman–Crippen MR) is 58.7 cm³/mol. The second-order valence-electron chi connectivity index (χ2n) is 4.66. The SMILES string of the molecule is CC(C)(C)N=Cc1ccc(F)cc1C(F)(F)F. The van der Waals surface area contributed by atoms with Crippen LogP contribution >= 0.6 is 0 Å². The fourth-order valence-electron chi connectivity index (χ4n) is 1.15. The zero-order valence-corrected chi connectivity index (χ0v) is 9.77. The second-order valence-corrected chi connectivity index (χ2v) is 4.66. The maximum Gasteiger partial charge on any atom is 0.417 e. The summed E-state index contributed by atoms with van der Waals surface area (Å²) < 4.78 is 50.7. The Morgan fingerprint density at radius 1 is 1.12 bits per heavy atom. The first-order valence-electron chi connectivity index (χ1n) is 5.01. The van der Waals surface area contributed by atoms with Crippen LogP contribution in [0, 0.1) is 5.82 Å². The summed E-state index contributed by atoms with van der Waals surface area (Å²) in [6, 6.07) is 2.54. The van der Waals surface area contributed by atoms with Gasteiger partial charge in [-0.3, -0.25) is 4.99 Å². The summed E-state index contributed by atoms with van der Waals surface area (Å²) in [7, 11) is 0. The van der Waals surface area contributed by atoms with Gasteiger partial charge in [0.05, 0.1) is 11.1 Å². The molecule has 0 heterocycles. The summed E-state index contributed by atoms with van der Waals surface area (Å²) >= 11 is 0. The molecule has 0 spiro atoms. The van der Waals surface area contributed by atoms with Crippen molar-refractivity contribution in [2.24, 2.45) is 4.99 Å². The minimum atomic E-state index is -4.58. The number of alkyl halides is 3. The number of aliphatic imine (C=N–C) groups is 1. The van der Waals surface area contributed by atoms with E-state index in [-0.39, 0.29) is 5.56 Å². The molecule has 0 saturated carbocycles. The van der Waals surface area contributed by atoms with Crippen LogP contribution in [0.1, 0.15) is 31.9 Å². The minimum absolute atomic E-state index is 0.131. The molecule has 5 heteroatoms. The molecule has 17 heavy (non-hydrogen) atoms. The van der Waals surface area contributed by atoms with Gasteiger partial charge in [0.25, 0.3) is 0 Å². The molecular weight excluding hydrogens is 234 g/mol. The number of rotatable bonds is 1. The lowest BCUT2D eigenvalue weighted by molar-refractivity contribution is -0.137. The maximum absolute atomic E-state index is 12.8. The van der Waals surface area contributed by atoms with Gasteiger partial charge in [-0.15, -0.1) is 0 Å². The highest BCUT2D eigenvalue weighted by Gasteiger charge is 2.33. The van der Waals surface area contributed by atoms with Crippen molar-refractivity contribution in [3.8, 4) is 0 Å². The molecule has 0 aromatic heterocycles. The van der Waals surface area contributed by atoms with Crippen molar-refractivity contribution in [1.29, 1.82) is 0 Å². The zero-order valence-electron chi connectivity index (χ0n) is 9.77. The average Bonchev–Trinajstić information content (AvgIpc) is 2.13. The molecule has 0 N–H and O–H groups in total. The van der Waals surface area contributed by atoms with E-state index in [1.54, 1.807) is 20.8 Å². The van der Waals surface area contributed by atoms with Gasteiger partial charge >= 0.3 is 6.18 Å². The Morgan fingerprint density at radius 2 is 1.71 bits per heavy atom. The summed E-state index contributed by atoms with van der Waals surface area (Å²) in [5.41, 5.74) is -1.61. The van der Waals surface area contributed by atoms with Crippen molar-refractivity contribution in [3.63, 3.8) is 0 Å². The molecule has 0 amide bonds. The minimum Gasteiger partial charge on any atom is -0.287 e. The van der Waals surface area contributed by atoms with Gasteiger partial charge in [-0.25, -0.2) is 4.39 Å². The van der Waals surface area contributed by atoms with Gasteiger partial charge < -0.3 is 0 Å². The van der Waals surface area contributed by atoms with Crippen LogP contribution in [0.15, 0.2) is 23.2 Å². The average molecular weight is 247 g/mol. The molecule has 0 aliphatic heterocycles. The van der Waals surface area contributed by atoms with E-state index in [4.69, 9.17) is 0 Å². The first-order chi connectivity index (χ1) is 7.59. The van der Waals surface area contributed by atoms with Gasteiger partial charge in [-0.1, -0.05) is 0 Å². The molecule has 0 aliphatic rings. The summed E-state index contributed by atoms with van der Waals surface area (Å²) in [6.07, 6.45) is -3.45. The van der Waals surface area contributed by atoms with E-state index < -0.39 is 23.1 Å². The van der Waals surface area contributed by atoms with Gasteiger partial charge in [0, 0.05) is 11.8 Å². The van der Waals surface area contributed by atoms with Crippen LogP contribution < -0.4 is 0 Å². The Labute approximate surface area is 97.2 Å². The summed E-state index contributed by atoms with van der Waals surface area (Å²) in [5.74, 6) is -0.912. The van der Waals surface area contributed by atoms with Gasteiger partial charge in [0.2, 0.25) is 0 Å². The van der Waals surface area contributed by atoms with Crippen LogP contribution in [0.5, 0.6) is 0 Å². The van der Waals surface area contributed by atoms with Crippen molar-refractivity contribution in [2.45, 2.75) is 32.5 Å². The zero-order chi connectivity index (χ0) is 13.3. The Hall–Kier alpha value is -1.39.